The van der Waals surface area contributed by atoms with Gasteiger partial charge in [-0.15, -0.1) is 0 Å². The monoisotopic (exact) mass is 302 g/mol. The van der Waals surface area contributed by atoms with E-state index in [1.807, 2.05) is 26.0 Å². The maximum atomic E-state index is 12.7. The molecule has 0 saturated heterocycles. The minimum atomic E-state index is -4.18. The molecule has 1 aromatic carbocycles. The molecule has 0 heterocycles. The summed E-state index contributed by atoms with van der Waals surface area (Å²) in [5, 5.41) is 3.32. The van der Waals surface area contributed by atoms with Crippen molar-refractivity contribution in [2.24, 2.45) is 0 Å². The first-order chi connectivity index (χ1) is 9.73. The molecule has 5 heteroatoms. The van der Waals surface area contributed by atoms with Crippen LogP contribution in [0.15, 0.2) is 18.2 Å². The number of alkyl halides is 3. The smallest absolute Gasteiger partial charge is 0.363 e. The summed E-state index contributed by atoms with van der Waals surface area (Å²) in [6, 6.07) is 5.93. The van der Waals surface area contributed by atoms with Gasteiger partial charge in [0.1, 0.15) is 6.54 Å². The van der Waals surface area contributed by atoms with Crippen molar-refractivity contribution >= 4 is 5.69 Å². The Hall–Kier alpha value is -1.23. The Labute approximate surface area is 125 Å². The second kappa shape index (κ2) is 7.69. The second-order valence-corrected chi connectivity index (χ2v) is 5.68. The van der Waals surface area contributed by atoms with Crippen LogP contribution in [-0.4, -0.2) is 25.3 Å². The van der Waals surface area contributed by atoms with Crippen molar-refractivity contribution in [3.63, 3.8) is 0 Å². The predicted molar refractivity (Wildman–Crippen MR) is 81.7 cm³/mol. The number of benzene rings is 1. The molecule has 0 aliphatic carbocycles. The SMILES string of the molecule is CCCN(CC(F)(F)F)c1ccc(CNC(C)C)c(C)c1. The van der Waals surface area contributed by atoms with Crippen LogP contribution in [0.25, 0.3) is 0 Å². The van der Waals surface area contributed by atoms with Crippen LogP contribution in [0.3, 0.4) is 0 Å². The molecule has 0 aromatic heterocycles. The number of aryl methyl sites for hydroxylation is 1. The van der Waals surface area contributed by atoms with Crippen molar-refractivity contribution in [2.45, 2.75) is 52.9 Å². The number of anilines is 1. The Bertz CT molecular complexity index is 442. The van der Waals surface area contributed by atoms with Crippen LogP contribution in [-0.2, 0) is 6.54 Å². The molecule has 0 amide bonds. The molecule has 0 radical (unpaired) electrons. The molecule has 120 valence electrons. The van der Waals surface area contributed by atoms with Crippen molar-refractivity contribution in [1.82, 2.24) is 5.32 Å². The lowest BCUT2D eigenvalue weighted by Crippen LogP contribution is -2.35. The third kappa shape index (κ3) is 6.38. The zero-order chi connectivity index (χ0) is 16.0. The minimum Gasteiger partial charge on any atom is -0.363 e. The summed E-state index contributed by atoms with van der Waals surface area (Å²) in [5.74, 6) is 0. The largest absolute Gasteiger partial charge is 0.405 e. The second-order valence-electron chi connectivity index (χ2n) is 5.68. The summed E-state index contributed by atoms with van der Waals surface area (Å²) >= 11 is 0. The van der Waals surface area contributed by atoms with Gasteiger partial charge in [0.2, 0.25) is 0 Å². The zero-order valence-corrected chi connectivity index (χ0v) is 13.2. The highest BCUT2D eigenvalue weighted by atomic mass is 19.4. The Morgan fingerprint density at radius 1 is 1.24 bits per heavy atom. The average molecular weight is 302 g/mol. The molecule has 21 heavy (non-hydrogen) atoms. The van der Waals surface area contributed by atoms with Crippen molar-refractivity contribution in [3.05, 3.63) is 29.3 Å². The third-order valence-electron chi connectivity index (χ3n) is 3.26. The standard InChI is InChI=1S/C16H25F3N2/c1-5-8-21(11-16(17,18)19)15-7-6-14(13(4)9-15)10-20-12(2)3/h6-7,9,12,20H,5,8,10-11H2,1-4H3. The van der Waals surface area contributed by atoms with Crippen LogP contribution in [0.4, 0.5) is 18.9 Å². The third-order valence-corrected chi connectivity index (χ3v) is 3.26. The van der Waals surface area contributed by atoms with E-state index in [-0.39, 0.29) is 0 Å². The average Bonchev–Trinajstić information content (AvgIpc) is 2.35. The highest BCUT2D eigenvalue weighted by Crippen LogP contribution is 2.24. The van der Waals surface area contributed by atoms with Gasteiger partial charge in [0.15, 0.2) is 0 Å². The molecule has 0 aliphatic heterocycles. The van der Waals surface area contributed by atoms with E-state index >= 15 is 0 Å². The van der Waals surface area contributed by atoms with Crippen molar-refractivity contribution in [3.8, 4) is 0 Å². The summed E-state index contributed by atoms with van der Waals surface area (Å²) in [7, 11) is 0. The number of nitrogens with zero attached hydrogens (tertiary/aromatic N) is 1. The van der Waals surface area contributed by atoms with Gasteiger partial charge >= 0.3 is 6.18 Å². The molecule has 0 aliphatic rings. The van der Waals surface area contributed by atoms with Crippen molar-refractivity contribution < 1.29 is 13.2 Å². The van der Waals surface area contributed by atoms with Gasteiger partial charge in [-0.1, -0.05) is 26.8 Å². The number of hydrogen-bond acceptors (Lipinski definition) is 2. The fraction of sp³-hybridized carbons (Fsp3) is 0.625. The molecule has 1 rings (SSSR count). The van der Waals surface area contributed by atoms with E-state index in [1.165, 1.54) is 4.90 Å². The van der Waals surface area contributed by atoms with Gasteiger partial charge < -0.3 is 10.2 Å². The van der Waals surface area contributed by atoms with Crippen LogP contribution in [0.5, 0.6) is 0 Å². The lowest BCUT2D eigenvalue weighted by atomic mass is 10.1. The summed E-state index contributed by atoms with van der Waals surface area (Å²) in [5.41, 5.74) is 2.78. The Morgan fingerprint density at radius 3 is 2.38 bits per heavy atom. The number of halogens is 3. The Kier molecular flexibility index (Phi) is 6.52. The topological polar surface area (TPSA) is 15.3 Å². The van der Waals surface area contributed by atoms with Crippen LogP contribution >= 0.6 is 0 Å². The first-order valence-electron chi connectivity index (χ1n) is 7.37. The molecule has 0 unspecified atom stereocenters. The molecular formula is C16H25F3N2. The van der Waals surface area contributed by atoms with Gasteiger partial charge in [-0.05, 0) is 36.6 Å². The van der Waals surface area contributed by atoms with E-state index in [2.05, 4.69) is 19.2 Å². The van der Waals surface area contributed by atoms with Gasteiger partial charge in [0.25, 0.3) is 0 Å². The first-order valence-corrected chi connectivity index (χ1v) is 7.37. The minimum absolute atomic E-state index is 0.380. The molecule has 0 fully saturated rings. The van der Waals surface area contributed by atoms with E-state index in [0.717, 1.165) is 17.7 Å². The number of hydrogen-bond donors (Lipinski definition) is 1. The van der Waals surface area contributed by atoms with Crippen LogP contribution in [0.1, 0.15) is 38.3 Å². The molecular weight excluding hydrogens is 277 g/mol. The normalized spacial score (nSPS) is 12.0. The molecule has 1 aromatic rings. The van der Waals surface area contributed by atoms with Gasteiger partial charge in [0, 0.05) is 24.8 Å². The van der Waals surface area contributed by atoms with E-state index in [4.69, 9.17) is 0 Å². The lowest BCUT2D eigenvalue weighted by Gasteiger charge is -2.26. The number of nitrogens with one attached hydrogen (secondary N) is 1. The zero-order valence-electron chi connectivity index (χ0n) is 13.2. The molecule has 0 atom stereocenters. The fourth-order valence-corrected chi connectivity index (χ4v) is 2.17. The highest BCUT2D eigenvalue weighted by molar-refractivity contribution is 5.51. The summed E-state index contributed by atoms with van der Waals surface area (Å²) in [6.45, 7) is 8.20. The van der Waals surface area contributed by atoms with E-state index in [1.54, 1.807) is 6.07 Å². The molecule has 0 saturated carbocycles. The van der Waals surface area contributed by atoms with Gasteiger partial charge in [0.05, 0.1) is 0 Å². The Morgan fingerprint density at radius 2 is 1.90 bits per heavy atom. The van der Waals surface area contributed by atoms with Gasteiger partial charge in [-0.3, -0.25) is 0 Å². The van der Waals surface area contributed by atoms with E-state index in [0.29, 0.717) is 24.7 Å². The maximum Gasteiger partial charge on any atom is 0.405 e. The summed E-state index contributed by atoms with van der Waals surface area (Å²) < 4.78 is 38.0. The van der Waals surface area contributed by atoms with Gasteiger partial charge in [-0.25, -0.2) is 0 Å². The molecule has 0 spiro atoms. The highest BCUT2D eigenvalue weighted by Gasteiger charge is 2.30. The quantitative estimate of drug-likeness (QED) is 0.809. The van der Waals surface area contributed by atoms with Crippen molar-refractivity contribution in [1.29, 1.82) is 0 Å². The van der Waals surface area contributed by atoms with Crippen LogP contribution < -0.4 is 10.2 Å². The Balaban J connectivity index is 2.87. The molecule has 2 nitrogen and oxygen atoms in total. The molecule has 1 N–H and O–H groups in total. The summed E-state index contributed by atoms with van der Waals surface area (Å²) in [4.78, 5) is 1.40. The fourth-order valence-electron chi connectivity index (χ4n) is 2.17. The van der Waals surface area contributed by atoms with E-state index in [9.17, 15) is 13.2 Å². The predicted octanol–water partition coefficient (Wildman–Crippen LogP) is 4.27. The van der Waals surface area contributed by atoms with Crippen molar-refractivity contribution in [2.75, 3.05) is 18.0 Å². The molecule has 0 bridgehead atoms. The first kappa shape index (κ1) is 17.8. The van der Waals surface area contributed by atoms with Crippen LogP contribution in [0, 0.1) is 6.92 Å². The van der Waals surface area contributed by atoms with E-state index < -0.39 is 12.7 Å². The van der Waals surface area contributed by atoms with Crippen LogP contribution in [0.2, 0.25) is 0 Å². The number of rotatable bonds is 7. The lowest BCUT2D eigenvalue weighted by molar-refractivity contribution is -0.119. The summed E-state index contributed by atoms with van der Waals surface area (Å²) in [6.07, 6.45) is -3.49. The maximum absolute atomic E-state index is 12.7. The van der Waals surface area contributed by atoms with Gasteiger partial charge in [-0.2, -0.15) is 13.2 Å².